The van der Waals surface area contributed by atoms with Gasteiger partial charge >= 0.3 is 0 Å². The van der Waals surface area contributed by atoms with Gasteiger partial charge in [0, 0.05) is 33.9 Å². The van der Waals surface area contributed by atoms with Crippen molar-refractivity contribution >= 4 is 46.8 Å². The molecule has 0 saturated heterocycles. The van der Waals surface area contributed by atoms with Crippen molar-refractivity contribution in [2.24, 2.45) is 0 Å². The average Bonchev–Trinajstić information content (AvgIpc) is 2.74. The summed E-state index contributed by atoms with van der Waals surface area (Å²) >= 11 is 13.9. The summed E-state index contributed by atoms with van der Waals surface area (Å²) in [6.07, 6.45) is 0.779. The Morgan fingerprint density at radius 2 is 1.74 bits per heavy atom. The normalized spacial score (nSPS) is 12.8. The van der Waals surface area contributed by atoms with Gasteiger partial charge in [-0.3, -0.25) is 9.59 Å². The summed E-state index contributed by atoms with van der Waals surface area (Å²) in [5.74, 6) is -0.346. The van der Waals surface area contributed by atoms with Gasteiger partial charge in [-0.2, -0.15) is 0 Å². The van der Waals surface area contributed by atoms with Crippen molar-refractivity contribution in [1.29, 1.82) is 0 Å². The van der Waals surface area contributed by atoms with Crippen molar-refractivity contribution in [1.82, 2.24) is 10.2 Å². The average molecular weight is 485 g/mol. The molecule has 0 bridgehead atoms. The highest BCUT2D eigenvalue weighted by Crippen LogP contribution is 2.27. The Morgan fingerprint density at radius 3 is 2.35 bits per heavy atom. The van der Waals surface area contributed by atoms with Crippen LogP contribution in [0.1, 0.15) is 38.3 Å². The van der Waals surface area contributed by atoms with Gasteiger partial charge in [-0.25, -0.2) is 4.39 Å². The number of amides is 2. The number of thioether (sulfide) groups is 1. The zero-order valence-electron chi connectivity index (χ0n) is 17.8. The highest BCUT2D eigenvalue weighted by atomic mass is 35.5. The van der Waals surface area contributed by atoms with E-state index in [1.807, 2.05) is 13.8 Å². The first-order valence-electron chi connectivity index (χ1n) is 10.1. The Hall–Kier alpha value is -1.76. The van der Waals surface area contributed by atoms with Crippen molar-refractivity contribution in [3.63, 3.8) is 0 Å². The van der Waals surface area contributed by atoms with Crippen LogP contribution in [0.4, 0.5) is 4.39 Å². The zero-order valence-corrected chi connectivity index (χ0v) is 20.2. The molecule has 0 aliphatic rings. The lowest BCUT2D eigenvalue weighted by Gasteiger charge is -2.30. The lowest BCUT2D eigenvalue weighted by Crippen LogP contribution is -2.50. The first-order chi connectivity index (χ1) is 14.7. The van der Waals surface area contributed by atoms with Crippen molar-refractivity contribution < 1.29 is 14.0 Å². The number of rotatable bonds is 10. The fourth-order valence-electron chi connectivity index (χ4n) is 2.85. The van der Waals surface area contributed by atoms with Gasteiger partial charge in [0.2, 0.25) is 11.8 Å². The second kappa shape index (κ2) is 12.3. The summed E-state index contributed by atoms with van der Waals surface area (Å²) in [6, 6.07) is 10.9. The minimum Gasteiger partial charge on any atom is -0.352 e. The molecule has 0 unspecified atom stereocenters. The number of halogens is 3. The summed E-state index contributed by atoms with van der Waals surface area (Å²) in [5.41, 5.74) is 1.12. The molecule has 168 valence electrons. The number of nitrogens with one attached hydrogen (secondary N) is 1. The molecule has 31 heavy (non-hydrogen) atoms. The summed E-state index contributed by atoms with van der Waals surface area (Å²) < 4.78 is 13.8. The third kappa shape index (κ3) is 7.41. The maximum absolute atomic E-state index is 13.8. The molecular formula is C23H27Cl2FN2O2S. The van der Waals surface area contributed by atoms with E-state index in [4.69, 9.17) is 23.2 Å². The molecule has 0 aliphatic carbocycles. The molecule has 0 fully saturated rings. The molecular weight excluding hydrogens is 458 g/mol. The van der Waals surface area contributed by atoms with E-state index in [0.29, 0.717) is 26.9 Å². The van der Waals surface area contributed by atoms with Crippen LogP contribution < -0.4 is 5.32 Å². The van der Waals surface area contributed by atoms with Crippen LogP contribution >= 0.6 is 35.0 Å². The first-order valence-corrected chi connectivity index (χ1v) is 12.0. The van der Waals surface area contributed by atoms with Crippen LogP contribution in [0.5, 0.6) is 0 Å². The van der Waals surface area contributed by atoms with Crippen LogP contribution in [0, 0.1) is 5.82 Å². The van der Waals surface area contributed by atoms with Gasteiger partial charge in [0.25, 0.3) is 0 Å². The molecule has 4 nitrogen and oxygen atoms in total. The number of hydrogen-bond donors (Lipinski definition) is 1. The molecule has 0 heterocycles. The van der Waals surface area contributed by atoms with E-state index >= 15 is 0 Å². The maximum atomic E-state index is 13.8. The minimum absolute atomic E-state index is 0.00812. The van der Waals surface area contributed by atoms with Crippen molar-refractivity contribution in [3.05, 3.63) is 69.5 Å². The Morgan fingerprint density at radius 1 is 1.10 bits per heavy atom. The van der Waals surface area contributed by atoms with E-state index in [-0.39, 0.29) is 36.0 Å². The quantitative estimate of drug-likeness (QED) is 0.470. The molecule has 0 aliphatic heterocycles. The number of benzene rings is 2. The van der Waals surface area contributed by atoms with Crippen LogP contribution in [0.25, 0.3) is 0 Å². The largest absolute Gasteiger partial charge is 0.352 e. The standard InChI is InChI=1S/C23H27Cl2FN2O2S/c1-4-15(2)27-23(30)16(3)28(12-18-19(24)9-7-10-20(18)25)22(29)14-31-13-17-8-5-6-11-21(17)26/h5-11,15-16H,4,12-14H2,1-3H3,(H,27,30)/t15-,16+/m0/s1. The van der Waals surface area contributed by atoms with Gasteiger partial charge in [-0.15, -0.1) is 11.8 Å². The van der Waals surface area contributed by atoms with E-state index in [1.54, 1.807) is 43.3 Å². The molecule has 2 aromatic carbocycles. The highest BCUT2D eigenvalue weighted by Gasteiger charge is 2.28. The van der Waals surface area contributed by atoms with Gasteiger partial charge in [0.1, 0.15) is 11.9 Å². The minimum atomic E-state index is -0.720. The molecule has 0 radical (unpaired) electrons. The molecule has 8 heteroatoms. The summed E-state index contributed by atoms with van der Waals surface area (Å²) in [4.78, 5) is 27.3. The summed E-state index contributed by atoms with van der Waals surface area (Å²) in [5, 5.41) is 3.77. The monoisotopic (exact) mass is 484 g/mol. The van der Waals surface area contributed by atoms with E-state index in [1.165, 1.54) is 22.7 Å². The van der Waals surface area contributed by atoms with E-state index < -0.39 is 6.04 Å². The fraction of sp³-hybridized carbons (Fsp3) is 0.391. The third-order valence-electron chi connectivity index (χ3n) is 5.00. The lowest BCUT2D eigenvalue weighted by atomic mass is 10.1. The topological polar surface area (TPSA) is 49.4 Å². The Labute approximate surface area is 197 Å². The molecule has 0 aromatic heterocycles. The van der Waals surface area contributed by atoms with Crippen LogP contribution in [0.2, 0.25) is 10.0 Å². The Balaban J connectivity index is 2.16. The van der Waals surface area contributed by atoms with Gasteiger partial charge in [-0.05, 0) is 44.0 Å². The highest BCUT2D eigenvalue weighted by molar-refractivity contribution is 7.99. The SMILES string of the molecule is CC[C@H](C)NC(=O)[C@@H](C)N(Cc1c(Cl)cccc1Cl)C(=O)CSCc1ccccc1F. The van der Waals surface area contributed by atoms with E-state index in [2.05, 4.69) is 5.32 Å². The molecule has 1 N–H and O–H groups in total. The predicted molar refractivity (Wildman–Crippen MR) is 127 cm³/mol. The molecule has 2 atom stereocenters. The third-order valence-corrected chi connectivity index (χ3v) is 6.67. The second-order valence-electron chi connectivity index (χ2n) is 7.30. The maximum Gasteiger partial charge on any atom is 0.242 e. The van der Waals surface area contributed by atoms with Gasteiger partial charge < -0.3 is 10.2 Å². The van der Waals surface area contributed by atoms with Gasteiger partial charge in [-0.1, -0.05) is 54.4 Å². The lowest BCUT2D eigenvalue weighted by molar-refractivity contribution is -0.138. The zero-order chi connectivity index (χ0) is 23.0. The summed E-state index contributed by atoms with van der Waals surface area (Å²) in [7, 11) is 0. The predicted octanol–water partition coefficient (Wildman–Crippen LogP) is 5.70. The van der Waals surface area contributed by atoms with Crippen LogP contribution in [0.15, 0.2) is 42.5 Å². The molecule has 0 spiro atoms. The van der Waals surface area contributed by atoms with Crippen molar-refractivity contribution in [2.45, 2.75) is 51.6 Å². The molecule has 2 rings (SSSR count). The molecule has 0 saturated carbocycles. The molecule has 2 aromatic rings. The van der Waals surface area contributed by atoms with Gasteiger partial charge in [0.15, 0.2) is 0 Å². The number of carbonyl (C=O) groups excluding carboxylic acids is 2. The first kappa shape index (κ1) is 25.5. The Bertz CT molecular complexity index is 893. The smallest absolute Gasteiger partial charge is 0.242 e. The van der Waals surface area contributed by atoms with Crippen LogP contribution in [0.3, 0.4) is 0 Å². The van der Waals surface area contributed by atoms with E-state index in [9.17, 15) is 14.0 Å². The van der Waals surface area contributed by atoms with Gasteiger partial charge in [0.05, 0.1) is 5.75 Å². The number of nitrogens with zero attached hydrogens (tertiary/aromatic N) is 1. The van der Waals surface area contributed by atoms with Crippen molar-refractivity contribution in [2.75, 3.05) is 5.75 Å². The van der Waals surface area contributed by atoms with Crippen LogP contribution in [-0.2, 0) is 21.9 Å². The second-order valence-corrected chi connectivity index (χ2v) is 9.10. The fourth-order valence-corrected chi connectivity index (χ4v) is 4.26. The summed E-state index contributed by atoms with van der Waals surface area (Å²) in [6.45, 7) is 5.67. The Kier molecular flexibility index (Phi) is 10.1. The number of hydrogen-bond acceptors (Lipinski definition) is 3. The molecule has 2 amide bonds. The van der Waals surface area contributed by atoms with Crippen molar-refractivity contribution in [3.8, 4) is 0 Å². The van der Waals surface area contributed by atoms with Crippen LogP contribution in [-0.4, -0.2) is 34.6 Å². The number of carbonyl (C=O) groups is 2. The van der Waals surface area contributed by atoms with E-state index in [0.717, 1.165) is 6.42 Å².